The number of hydrogen-bond acceptors (Lipinski definition) is 7. The van der Waals surface area contributed by atoms with Gasteiger partial charge in [0.05, 0.1) is 26.2 Å². The molecule has 0 spiro atoms. The smallest absolute Gasteiger partial charge is 0.141 e. The molecular weight excluding hydrogens is 386 g/mol. The second-order valence-electron chi connectivity index (χ2n) is 7.99. The van der Waals surface area contributed by atoms with Gasteiger partial charge in [0.25, 0.3) is 0 Å². The van der Waals surface area contributed by atoms with E-state index < -0.39 is 6.10 Å². The largest absolute Gasteiger partial charge is 0.496 e. The first-order valence-electron chi connectivity index (χ1n) is 10.0. The number of rotatable bonds is 3. The fourth-order valence-corrected chi connectivity index (χ4v) is 6.08. The van der Waals surface area contributed by atoms with Gasteiger partial charge in [-0.15, -0.1) is 11.3 Å². The SMILES string of the molecule is COc1ccc(OC)c2c1CN(c1ncnc3sc4c(c13)CC[C@H](C)C4)C[C@H]2O. The van der Waals surface area contributed by atoms with Crippen LogP contribution in [0, 0.1) is 5.92 Å². The van der Waals surface area contributed by atoms with E-state index in [0.717, 1.165) is 45.8 Å². The minimum absolute atomic E-state index is 0.462. The van der Waals surface area contributed by atoms with Crippen LogP contribution in [0.15, 0.2) is 18.5 Å². The molecule has 1 aliphatic carbocycles. The van der Waals surface area contributed by atoms with E-state index in [9.17, 15) is 5.11 Å². The number of β-amino-alcohol motifs (C(OH)–C–C–N with tert-alkyl or cyclic N) is 1. The number of aryl methyl sites for hydroxylation is 1. The summed E-state index contributed by atoms with van der Waals surface area (Å²) in [4.78, 5) is 13.9. The number of thiophene rings is 1. The van der Waals surface area contributed by atoms with E-state index in [4.69, 9.17) is 9.47 Å². The van der Waals surface area contributed by atoms with Crippen molar-refractivity contribution in [2.75, 3.05) is 25.7 Å². The second kappa shape index (κ2) is 7.15. The molecule has 0 unspecified atom stereocenters. The summed E-state index contributed by atoms with van der Waals surface area (Å²) < 4.78 is 11.1. The van der Waals surface area contributed by atoms with E-state index in [1.165, 1.54) is 16.9 Å². The molecule has 1 N–H and O–H groups in total. The normalized spacial score (nSPS) is 21.0. The lowest BCUT2D eigenvalue weighted by Gasteiger charge is -2.35. The van der Waals surface area contributed by atoms with E-state index in [1.807, 2.05) is 12.1 Å². The zero-order valence-electron chi connectivity index (χ0n) is 16.9. The van der Waals surface area contributed by atoms with Gasteiger partial charge in [-0.2, -0.15) is 0 Å². The van der Waals surface area contributed by atoms with Gasteiger partial charge in [0.15, 0.2) is 0 Å². The molecule has 1 aromatic carbocycles. The van der Waals surface area contributed by atoms with Gasteiger partial charge in [-0.3, -0.25) is 0 Å². The van der Waals surface area contributed by atoms with Crippen molar-refractivity contribution in [1.29, 1.82) is 0 Å². The quantitative estimate of drug-likeness (QED) is 0.705. The second-order valence-corrected chi connectivity index (χ2v) is 9.07. The zero-order valence-corrected chi connectivity index (χ0v) is 17.8. The highest BCUT2D eigenvalue weighted by molar-refractivity contribution is 7.19. The number of aliphatic hydroxyl groups is 1. The van der Waals surface area contributed by atoms with Crippen molar-refractivity contribution in [3.63, 3.8) is 0 Å². The maximum Gasteiger partial charge on any atom is 0.141 e. The molecule has 152 valence electrons. The van der Waals surface area contributed by atoms with Gasteiger partial charge in [0, 0.05) is 22.5 Å². The number of methoxy groups -OCH3 is 2. The Balaban J connectivity index is 1.63. The first-order chi connectivity index (χ1) is 14.1. The van der Waals surface area contributed by atoms with Crippen molar-refractivity contribution in [2.45, 2.75) is 38.8 Å². The van der Waals surface area contributed by atoms with Crippen LogP contribution < -0.4 is 14.4 Å². The average molecular weight is 412 g/mol. The monoisotopic (exact) mass is 411 g/mol. The summed E-state index contributed by atoms with van der Waals surface area (Å²) in [6, 6.07) is 3.76. The molecule has 3 aromatic rings. The predicted octanol–water partition coefficient (Wildman–Crippen LogP) is 3.89. The summed E-state index contributed by atoms with van der Waals surface area (Å²) >= 11 is 1.80. The maximum atomic E-state index is 11.0. The van der Waals surface area contributed by atoms with Crippen LogP contribution in [-0.2, 0) is 19.4 Å². The standard InChI is InChI=1S/C22H25N3O3S/c1-12-4-5-13-18(8-12)29-22-20(13)21(23-11-24-22)25-9-14-16(27-2)6-7-17(28-3)19(14)15(26)10-25/h6-7,11-12,15,26H,4-5,8-10H2,1-3H3/t12-,15+/m0/s1. The predicted molar refractivity (Wildman–Crippen MR) is 114 cm³/mol. The van der Waals surface area contributed by atoms with Gasteiger partial charge in [-0.25, -0.2) is 9.97 Å². The number of aliphatic hydroxyl groups excluding tert-OH is 1. The molecule has 2 aromatic heterocycles. The number of fused-ring (bicyclic) bond motifs is 4. The number of hydrogen-bond donors (Lipinski definition) is 1. The van der Waals surface area contributed by atoms with E-state index in [0.29, 0.717) is 24.8 Å². The third kappa shape index (κ3) is 2.95. The highest BCUT2D eigenvalue weighted by atomic mass is 32.1. The zero-order chi connectivity index (χ0) is 20.1. The van der Waals surface area contributed by atoms with Gasteiger partial charge in [0.1, 0.15) is 34.6 Å². The van der Waals surface area contributed by atoms with Gasteiger partial charge in [-0.1, -0.05) is 6.92 Å². The van der Waals surface area contributed by atoms with Crippen molar-refractivity contribution in [1.82, 2.24) is 9.97 Å². The van der Waals surface area contributed by atoms with Crippen molar-refractivity contribution in [3.8, 4) is 11.5 Å². The lowest BCUT2D eigenvalue weighted by molar-refractivity contribution is 0.169. The summed E-state index contributed by atoms with van der Waals surface area (Å²) in [5, 5.41) is 12.2. The van der Waals surface area contributed by atoms with Crippen LogP contribution in [0.3, 0.4) is 0 Å². The Morgan fingerprint density at radius 2 is 1.93 bits per heavy atom. The summed E-state index contributed by atoms with van der Waals surface area (Å²) in [6.45, 7) is 3.39. The van der Waals surface area contributed by atoms with E-state index in [-0.39, 0.29) is 0 Å². The molecule has 3 heterocycles. The Morgan fingerprint density at radius 3 is 2.72 bits per heavy atom. The van der Waals surface area contributed by atoms with Gasteiger partial charge < -0.3 is 19.5 Å². The number of benzene rings is 1. The van der Waals surface area contributed by atoms with Crippen molar-refractivity contribution in [2.24, 2.45) is 5.92 Å². The average Bonchev–Trinajstić information content (AvgIpc) is 3.10. The molecule has 0 radical (unpaired) electrons. The van der Waals surface area contributed by atoms with E-state index in [2.05, 4.69) is 21.8 Å². The summed E-state index contributed by atoms with van der Waals surface area (Å²) in [6.07, 6.45) is 4.35. The van der Waals surface area contributed by atoms with Crippen LogP contribution in [0.5, 0.6) is 11.5 Å². The Bertz CT molecular complexity index is 1080. The van der Waals surface area contributed by atoms with Crippen LogP contribution in [0.2, 0.25) is 0 Å². The summed E-state index contributed by atoms with van der Waals surface area (Å²) in [5.41, 5.74) is 3.17. The molecule has 0 saturated heterocycles. The lowest BCUT2D eigenvalue weighted by Crippen LogP contribution is -2.35. The Hall–Kier alpha value is -2.38. The molecule has 7 heteroatoms. The fraction of sp³-hybridized carbons (Fsp3) is 0.455. The van der Waals surface area contributed by atoms with Crippen LogP contribution in [0.4, 0.5) is 5.82 Å². The molecular formula is C22H25N3O3S. The Morgan fingerprint density at radius 1 is 1.14 bits per heavy atom. The molecule has 2 atom stereocenters. The minimum atomic E-state index is -0.678. The number of aromatic nitrogens is 2. The highest BCUT2D eigenvalue weighted by Gasteiger charge is 2.32. The Labute approximate surface area is 174 Å². The van der Waals surface area contributed by atoms with Gasteiger partial charge in [-0.05, 0) is 42.9 Å². The van der Waals surface area contributed by atoms with Crippen molar-refractivity contribution < 1.29 is 14.6 Å². The number of anilines is 1. The molecule has 0 saturated carbocycles. The van der Waals surface area contributed by atoms with Crippen LogP contribution in [0.1, 0.15) is 41.0 Å². The third-order valence-electron chi connectivity index (χ3n) is 6.16. The first-order valence-corrected chi connectivity index (χ1v) is 10.8. The lowest BCUT2D eigenvalue weighted by atomic mass is 9.89. The number of ether oxygens (including phenoxy) is 2. The fourth-order valence-electron chi connectivity index (χ4n) is 4.74. The molecule has 0 amide bonds. The molecule has 2 aliphatic rings. The van der Waals surface area contributed by atoms with Crippen molar-refractivity contribution in [3.05, 3.63) is 40.0 Å². The molecule has 1 aliphatic heterocycles. The maximum absolute atomic E-state index is 11.0. The highest BCUT2D eigenvalue weighted by Crippen LogP contribution is 2.44. The molecule has 6 nitrogen and oxygen atoms in total. The molecule has 0 bridgehead atoms. The van der Waals surface area contributed by atoms with Gasteiger partial charge >= 0.3 is 0 Å². The van der Waals surface area contributed by atoms with Crippen LogP contribution in [0.25, 0.3) is 10.2 Å². The molecule has 5 rings (SSSR count). The van der Waals surface area contributed by atoms with Gasteiger partial charge in [0.2, 0.25) is 0 Å². The van der Waals surface area contributed by atoms with E-state index in [1.54, 1.807) is 31.9 Å². The van der Waals surface area contributed by atoms with E-state index >= 15 is 0 Å². The van der Waals surface area contributed by atoms with Crippen molar-refractivity contribution >= 4 is 27.4 Å². The van der Waals surface area contributed by atoms with Crippen LogP contribution in [-0.4, -0.2) is 35.8 Å². The first kappa shape index (κ1) is 18.6. The summed E-state index contributed by atoms with van der Waals surface area (Å²) in [7, 11) is 3.29. The summed E-state index contributed by atoms with van der Waals surface area (Å²) in [5.74, 6) is 3.09. The third-order valence-corrected chi connectivity index (χ3v) is 7.32. The molecule has 0 fully saturated rings. The van der Waals surface area contributed by atoms with Crippen LogP contribution >= 0.6 is 11.3 Å². The number of nitrogens with zero attached hydrogens (tertiary/aromatic N) is 3. The Kier molecular flexibility index (Phi) is 4.59. The molecule has 29 heavy (non-hydrogen) atoms. The topological polar surface area (TPSA) is 67.7 Å². The minimum Gasteiger partial charge on any atom is -0.496 e.